The van der Waals surface area contributed by atoms with Crippen molar-refractivity contribution in [1.29, 1.82) is 0 Å². The fraction of sp³-hybridized carbons (Fsp3) is 0.438. The average molecular weight is 315 g/mol. The van der Waals surface area contributed by atoms with Crippen LogP contribution < -0.4 is 5.32 Å². The molecule has 1 atom stereocenters. The summed E-state index contributed by atoms with van der Waals surface area (Å²) in [7, 11) is 0. The molecule has 0 bridgehead atoms. The second kappa shape index (κ2) is 7.23. The first-order valence-corrected chi connectivity index (χ1v) is 7.87. The molecule has 1 aliphatic heterocycles. The smallest absolute Gasteiger partial charge is 0.324 e. The van der Waals surface area contributed by atoms with E-state index in [9.17, 15) is 4.79 Å². The van der Waals surface area contributed by atoms with Crippen LogP contribution in [0, 0.1) is 5.92 Å². The van der Waals surface area contributed by atoms with Gasteiger partial charge in [-0.05, 0) is 25.5 Å². The first-order chi connectivity index (χ1) is 11.3. The Labute approximate surface area is 135 Å². The van der Waals surface area contributed by atoms with Crippen LogP contribution in [0.2, 0.25) is 0 Å². The Hall–Kier alpha value is -2.41. The van der Waals surface area contributed by atoms with Crippen LogP contribution >= 0.6 is 0 Å². The van der Waals surface area contributed by atoms with E-state index >= 15 is 0 Å². The molecule has 0 aliphatic carbocycles. The summed E-state index contributed by atoms with van der Waals surface area (Å²) < 4.78 is 7.20. The van der Waals surface area contributed by atoms with Crippen LogP contribution in [0.3, 0.4) is 0 Å². The normalized spacial score (nSPS) is 17.4. The summed E-state index contributed by atoms with van der Waals surface area (Å²) in [5.41, 5.74) is 0.906. The molecule has 2 heterocycles. The molecule has 2 amide bonds. The van der Waals surface area contributed by atoms with Gasteiger partial charge in [-0.1, -0.05) is 18.2 Å². The number of aromatic nitrogens is 3. The number of amides is 2. The maximum absolute atomic E-state index is 12.4. The van der Waals surface area contributed by atoms with E-state index in [4.69, 9.17) is 4.74 Å². The Kier molecular flexibility index (Phi) is 4.87. The van der Waals surface area contributed by atoms with Crippen LogP contribution in [0.15, 0.2) is 36.7 Å². The van der Waals surface area contributed by atoms with Crippen LogP contribution in [0.5, 0.6) is 0 Å². The highest BCUT2D eigenvalue weighted by Crippen LogP contribution is 2.18. The summed E-state index contributed by atoms with van der Waals surface area (Å²) in [6.07, 6.45) is 2.56. The van der Waals surface area contributed by atoms with Crippen molar-refractivity contribution in [2.24, 2.45) is 5.92 Å². The predicted octanol–water partition coefficient (Wildman–Crippen LogP) is 2.16. The maximum atomic E-state index is 12.4. The van der Waals surface area contributed by atoms with E-state index in [0.29, 0.717) is 31.6 Å². The molecule has 0 spiro atoms. The predicted molar refractivity (Wildman–Crippen MR) is 86.6 cm³/mol. The van der Waals surface area contributed by atoms with E-state index in [0.717, 1.165) is 18.7 Å². The molecule has 23 heavy (non-hydrogen) atoms. The molecule has 1 aromatic carbocycles. The number of para-hydroxylation sites is 1. The van der Waals surface area contributed by atoms with E-state index in [1.165, 1.54) is 0 Å². The SMILES string of the molecule is CCOCC1CCN(C(=O)Nc2nncn2-c2ccccc2)C1. The van der Waals surface area contributed by atoms with Gasteiger partial charge in [0.25, 0.3) is 0 Å². The van der Waals surface area contributed by atoms with Crippen LogP contribution in [0.25, 0.3) is 5.69 Å². The Morgan fingerprint density at radius 2 is 2.22 bits per heavy atom. The fourth-order valence-corrected chi connectivity index (χ4v) is 2.71. The molecule has 1 fully saturated rings. The van der Waals surface area contributed by atoms with Crippen molar-refractivity contribution in [2.75, 3.05) is 31.6 Å². The molecule has 0 radical (unpaired) electrons. The van der Waals surface area contributed by atoms with Crippen molar-refractivity contribution in [3.8, 4) is 5.69 Å². The number of nitrogens with one attached hydrogen (secondary N) is 1. The second-order valence-electron chi connectivity index (χ2n) is 5.55. The standard InChI is InChI=1S/C16H21N5O2/c1-2-23-11-13-8-9-20(10-13)16(22)18-15-19-17-12-21(15)14-6-4-3-5-7-14/h3-7,12-13H,2,8-11H2,1H3,(H,18,19,22). The molecule has 1 aliphatic rings. The first-order valence-electron chi connectivity index (χ1n) is 7.87. The second-order valence-corrected chi connectivity index (χ2v) is 5.55. The van der Waals surface area contributed by atoms with Gasteiger partial charge in [0.15, 0.2) is 0 Å². The zero-order valence-corrected chi connectivity index (χ0v) is 13.2. The number of nitrogens with zero attached hydrogens (tertiary/aromatic N) is 4. The highest BCUT2D eigenvalue weighted by atomic mass is 16.5. The minimum absolute atomic E-state index is 0.144. The zero-order chi connectivity index (χ0) is 16.1. The van der Waals surface area contributed by atoms with Crippen molar-refractivity contribution < 1.29 is 9.53 Å². The van der Waals surface area contributed by atoms with Crippen LogP contribution in [-0.4, -0.2) is 52.0 Å². The number of likely N-dealkylation sites (tertiary alicyclic amines) is 1. The molecule has 1 unspecified atom stereocenters. The number of urea groups is 1. The zero-order valence-electron chi connectivity index (χ0n) is 13.2. The minimum Gasteiger partial charge on any atom is -0.381 e. The van der Waals surface area contributed by atoms with E-state index in [1.54, 1.807) is 15.8 Å². The largest absolute Gasteiger partial charge is 0.381 e. The highest BCUT2D eigenvalue weighted by Gasteiger charge is 2.27. The lowest BCUT2D eigenvalue weighted by Gasteiger charge is -2.17. The Balaban J connectivity index is 1.62. The Morgan fingerprint density at radius 1 is 1.39 bits per heavy atom. The van der Waals surface area contributed by atoms with Gasteiger partial charge in [-0.25, -0.2) is 4.79 Å². The molecule has 7 heteroatoms. The number of hydrogen-bond donors (Lipinski definition) is 1. The molecule has 122 valence electrons. The van der Waals surface area contributed by atoms with Crippen molar-refractivity contribution in [3.63, 3.8) is 0 Å². The quantitative estimate of drug-likeness (QED) is 0.917. The average Bonchev–Trinajstić information content (AvgIpc) is 3.23. The van der Waals surface area contributed by atoms with E-state index < -0.39 is 0 Å². The lowest BCUT2D eigenvalue weighted by Crippen LogP contribution is -2.34. The summed E-state index contributed by atoms with van der Waals surface area (Å²) in [6, 6.07) is 9.53. The third-order valence-corrected chi connectivity index (χ3v) is 3.93. The van der Waals surface area contributed by atoms with Gasteiger partial charge in [0.2, 0.25) is 5.95 Å². The number of benzene rings is 1. The summed E-state index contributed by atoms with van der Waals surface area (Å²) in [5, 5.41) is 10.7. The van der Waals surface area contributed by atoms with Gasteiger partial charge in [0.1, 0.15) is 6.33 Å². The van der Waals surface area contributed by atoms with Crippen LogP contribution in [-0.2, 0) is 4.74 Å². The van der Waals surface area contributed by atoms with Gasteiger partial charge in [-0.15, -0.1) is 10.2 Å². The van der Waals surface area contributed by atoms with Gasteiger partial charge in [0.05, 0.1) is 12.3 Å². The molecule has 3 rings (SSSR count). The van der Waals surface area contributed by atoms with Gasteiger partial charge < -0.3 is 9.64 Å². The molecule has 1 saturated heterocycles. The Morgan fingerprint density at radius 3 is 3.00 bits per heavy atom. The highest BCUT2D eigenvalue weighted by molar-refractivity contribution is 5.88. The monoisotopic (exact) mass is 315 g/mol. The molecule has 1 aromatic heterocycles. The van der Waals surface area contributed by atoms with Crippen molar-refractivity contribution in [1.82, 2.24) is 19.7 Å². The van der Waals surface area contributed by atoms with E-state index in [-0.39, 0.29) is 6.03 Å². The molecule has 1 N–H and O–H groups in total. The van der Waals surface area contributed by atoms with Crippen molar-refractivity contribution in [2.45, 2.75) is 13.3 Å². The molecular weight excluding hydrogens is 294 g/mol. The maximum Gasteiger partial charge on any atom is 0.324 e. The number of anilines is 1. The Bertz CT molecular complexity index is 643. The van der Waals surface area contributed by atoms with Gasteiger partial charge in [-0.3, -0.25) is 9.88 Å². The number of ether oxygens (including phenoxy) is 1. The van der Waals surface area contributed by atoms with Crippen molar-refractivity contribution >= 4 is 12.0 Å². The minimum atomic E-state index is -0.144. The third kappa shape index (κ3) is 3.68. The summed E-state index contributed by atoms with van der Waals surface area (Å²) in [4.78, 5) is 14.2. The first kappa shape index (κ1) is 15.5. The van der Waals surface area contributed by atoms with Gasteiger partial charge in [0, 0.05) is 25.6 Å². The molecule has 2 aromatic rings. The fourth-order valence-electron chi connectivity index (χ4n) is 2.71. The summed E-state index contributed by atoms with van der Waals surface area (Å²) in [5.74, 6) is 0.835. The molecule has 0 saturated carbocycles. The van der Waals surface area contributed by atoms with Gasteiger partial charge >= 0.3 is 6.03 Å². The number of hydrogen-bond acceptors (Lipinski definition) is 4. The number of carbonyl (C=O) groups excluding carboxylic acids is 1. The molecule has 7 nitrogen and oxygen atoms in total. The van der Waals surface area contributed by atoms with Crippen LogP contribution in [0.4, 0.5) is 10.7 Å². The molecular formula is C16H21N5O2. The van der Waals surface area contributed by atoms with Crippen molar-refractivity contribution in [3.05, 3.63) is 36.7 Å². The topological polar surface area (TPSA) is 72.3 Å². The lowest BCUT2D eigenvalue weighted by molar-refractivity contribution is 0.113. The van der Waals surface area contributed by atoms with Crippen LogP contribution in [0.1, 0.15) is 13.3 Å². The lowest BCUT2D eigenvalue weighted by atomic mass is 10.1. The summed E-state index contributed by atoms with van der Waals surface area (Å²) >= 11 is 0. The van der Waals surface area contributed by atoms with E-state index in [1.807, 2.05) is 37.3 Å². The number of carbonyl (C=O) groups is 1. The summed E-state index contributed by atoms with van der Waals surface area (Å²) in [6.45, 7) is 4.85. The third-order valence-electron chi connectivity index (χ3n) is 3.93. The van der Waals surface area contributed by atoms with E-state index in [2.05, 4.69) is 15.5 Å². The number of rotatable bonds is 5. The van der Waals surface area contributed by atoms with Gasteiger partial charge in [-0.2, -0.15) is 0 Å².